The first-order valence-electron chi connectivity index (χ1n) is 8.14. The highest BCUT2D eigenvalue weighted by Crippen LogP contribution is 2.44. The molecule has 0 radical (unpaired) electrons. The average Bonchev–Trinajstić information content (AvgIpc) is 2.63. The quantitative estimate of drug-likeness (QED) is 0.501. The summed E-state index contributed by atoms with van der Waals surface area (Å²) in [6.45, 7) is 17.1. The van der Waals surface area contributed by atoms with Crippen molar-refractivity contribution in [2.75, 3.05) is 0 Å². The standard InChI is InChI=1S/C19H24.C2H6/c1-13(2)12-14(3)19-16(5)15(4)17-10-8-6-7-9-11-18(17)19;1-2/h6-8,10,12,15H,5,9,11H2,1-4H3;1-2H3/b7-6-,10-8-,19-14+;. The molecule has 0 N–H and O–H groups in total. The molecule has 0 aromatic carbocycles. The van der Waals surface area contributed by atoms with E-state index in [-0.39, 0.29) is 0 Å². The van der Waals surface area contributed by atoms with Crippen LogP contribution in [0.4, 0.5) is 0 Å². The Hall–Kier alpha value is -1.56. The molecular formula is C21H30. The molecular weight excluding hydrogens is 252 g/mol. The SMILES string of the molecule is C=C1/C(=C(/C)C=C(C)C)C2=C(/C=C\C=C/CC2)C1C.CC. The van der Waals surface area contributed by atoms with Crippen molar-refractivity contribution in [2.24, 2.45) is 5.92 Å². The van der Waals surface area contributed by atoms with E-state index < -0.39 is 0 Å². The molecule has 0 bridgehead atoms. The Morgan fingerprint density at radius 2 is 1.86 bits per heavy atom. The van der Waals surface area contributed by atoms with Crippen molar-refractivity contribution in [3.63, 3.8) is 0 Å². The predicted octanol–water partition coefficient (Wildman–Crippen LogP) is 6.70. The first-order chi connectivity index (χ1) is 10.0. The molecule has 0 aromatic rings. The van der Waals surface area contributed by atoms with Gasteiger partial charge in [0.2, 0.25) is 0 Å². The highest BCUT2D eigenvalue weighted by molar-refractivity contribution is 5.64. The van der Waals surface area contributed by atoms with Gasteiger partial charge in [0.25, 0.3) is 0 Å². The van der Waals surface area contributed by atoms with Gasteiger partial charge in [0.15, 0.2) is 0 Å². The van der Waals surface area contributed by atoms with Crippen molar-refractivity contribution < 1.29 is 0 Å². The van der Waals surface area contributed by atoms with E-state index in [4.69, 9.17) is 0 Å². The van der Waals surface area contributed by atoms with Crippen LogP contribution in [0.2, 0.25) is 0 Å². The fourth-order valence-electron chi connectivity index (χ4n) is 3.08. The number of hydrogen-bond donors (Lipinski definition) is 0. The minimum Gasteiger partial charge on any atom is -0.0946 e. The average molecular weight is 282 g/mol. The van der Waals surface area contributed by atoms with Crippen LogP contribution in [0.1, 0.15) is 54.4 Å². The maximum atomic E-state index is 4.35. The summed E-state index contributed by atoms with van der Waals surface area (Å²) in [4.78, 5) is 0. The third-order valence-electron chi connectivity index (χ3n) is 3.94. The molecule has 2 aliphatic rings. The molecule has 0 heterocycles. The lowest BCUT2D eigenvalue weighted by Crippen LogP contribution is -1.94. The second-order valence-corrected chi connectivity index (χ2v) is 5.79. The van der Waals surface area contributed by atoms with E-state index >= 15 is 0 Å². The van der Waals surface area contributed by atoms with Crippen LogP contribution >= 0.6 is 0 Å². The van der Waals surface area contributed by atoms with Gasteiger partial charge in [0.05, 0.1) is 0 Å². The van der Waals surface area contributed by atoms with E-state index in [2.05, 4.69) is 64.7 Å². The van der Waals surface area contributed by atoms with Crippen LogP contribution in [0, 0.1) is 5.92 Å². The molecule has 21 heavy (non-hydrogen) atoms. The molecule has 0 nitrogen and oxygen atoms in total. The highest BCUT2D eigenvalue weighted by atomic mass is 14.3. The number of allylic oxidation sites excluding steroid dienone is 11. The summed E-state index contributed by atoms with van der Waals surface area (Å²) in [6, 6.07) is 0. The summed E-state index contributed by atoms with van der Waals surface area (Å²) in [5.41, 5.74) is 8.37. The maximum Gasteiger partial charge on any atom is 0.00642 e. The largest absolute Gasteiger partial charge is 0.0946 e. The molecule has 114 valence electrons. The molecule has 1 atom stereocenters. The Morgan fingerprint density at radius 3 is 2.48 bits per heavy atom. The number of hydrogen-bond acceptors (Lipinski definition) is 0. The molecule has 2 aliphatic carbocycles. The Morgan fingerprint density at radius 1 is 1.19 bits per heavy atom. The normalized spacial score (nSPS) is 26.0. The summed E-state index contributed by atoms with van der Waals surface area (Å²) in [6.07, 6.45) is 13.4. The molecule has 0 spiro atoms. The number of rotatable bonds is 1. The van der Waals surface area contributed by atoms with E-state index in [9.17, 15) is 0 Å². The minimum atomic E-state index is 0.452. The fourth-order valence-corrected chi connectivity index (χ4v) is 3.08. The van der Waals surface area contributed by atoms with Crippen LogP contribution < -0.4 is 0 Å². The van der Waals surface area contributed by atoms with Crippen LogP contribution in [0.3, 0.4) is 0 Å². The second-order valence-electron chi connectivity index (χ2n) is 5.79. The van der Waals surface area contributed by atoms with Gasteiger partial charge in [0.1, 0.15) is 0 Å². The molecule has 2 rings (SSSR count). The smallest absolute Gasteiger partial charge is 0.00642 e. The molecule has 0 fully saturated rings. The van der Waals surface area contributed by atoms with Gasteiger partial charge >= 0.3 is 0 Å². The van der Waals surface area contributed by atoms with Crippen molar-refractivity contribution in [2.45, 2.75) is 54.4 Å². The van der Waals surface area contributed by atoms with E-state index in [1.165, 1.54) is 33.4 Å². The minimum absolute atomic E-state index is 0.452. The third kappa shape index (κ3) is 3.97. The summed E-state index contributed by atoms with van der Waals surface area (Å²) in [5.74, 6) is 0.452. The van der Waals surface area contributed by atoms with Gasteiger partial charge in [-0.25, -0.2) is 0 Å². The molecule has 0 aliphatic heterocycles. The van der Waals surface area contributed by atoms with E-state index in [0.29, 0.717) is 5.92 Å². The molecule has 1 unspecified atom stereocenters. The summed E-state index contributed by atoms with van der Waals surface area (Å²) in [5, 5.41) is 0. The van der Waals surface area contributed by atoms with Crippen molar-refractivity contribution >= 4 is 0 Å². The van der Waals surface area contributed by atoms with Crippen LogP contribution in [0.5, 0.6) is 0 Å². The predicted molar refractivity (Wildman–Crippen MR) is 96.3 cm³/mol. The zero-order valence-electron chi connectivity index (χ0n) is 14.6. The summed E-state index contributed by atoms with van der Waals surface area (Å²) < 4.78 is 0. The Kier molecular flexibility index (Phi) is 6.68. The van der Waals surface area contributed by atoms with Gasteiger partial charge in [-0.2, -0.15) is 0 Å². The van der Waals surface area contributed by atoms with Crippen molar-refractivity contribution in [1.29, 1.82) is 0 Å². The first kappa shape index (κ1) is 17.5. The second kappa shape index (κ2) is 8.02. The van der Waals surface area contributed by atoms with Gasteiger partial charge in [0, 0.05) is 5.92 Å². The van der Waals surface area contributed by atoms with Gasteiger partial charge in [-0.05, 0) is 61.5 Å². The van der Waals surface area contributed by atoms with E-state index in [1.54, 1.807) is 0 Å². The van der Waals surface area contributed by atoms with Crippen molar-refractivity contribution in [3.05, 3.63) is 70.4 Å². The maximum absolute atomic E-state index is 4.35. The molecule has 0 aromatic heterocycles. The zero-order valence-corrected chi connectivity index (χ0v) is 14.6. The Balaban J connectivity index is 0.00000106. The Labute approximate surface area is 131 Å². The van der Waals surface area contributed by atoms with Crippen LogP contribution in [0.15, 0.2) is 70.4 Å². The van der Waals surface area contributed by atoms with E-state index in [1.807, 2.05) is 13.8 Å². The van der Waals surface area contributed by atoms with Crippen molar-refractivity contribution in [1.82, 2.24) is 0 Å². The zero-order chi connectivity index (χ0) is 16.0. The summed E-state index contributed by atoms with van der Waals surface area (Å²) in [7, 11) is 0. The van der Waals surface area contributed by atoms with Crippen LogP contribution in [-0.2, 0) is 0 Å². The van der Waals surface area contributed by atoms with Gasteiger partial charge in [-0.15, -0.1) is 0 Å². The first-order valence-corrected chi connectivity index (χ1v) is 8.14. The molecule has 0 saturated heterocycles. The van der Waals surface area contributed by atoms with Gasteiger partial charge in [-0.1, -0.05) is 63.3 Å². The lowest BCUT2D eigenvalue weighted by Gasteiger charge is -2.11. The summed E-state index contributed by atoms with van der Waals surface area (Å²) >= 11 is 0. The van der Waals surface area contributed by atoms with Crippen molar-refractivity contribution in [3.8, 4) is 0 Å². The van der Waals surface area contributed by atoms with Gasteiger partial charge in [-0.3, -0.25) is 0 Å². The molecule has 0 heteroatoms. The molecule has 0 saturated carbocycles. The molecule has 0 amide bonds. The van der Waals surface area contributed by atoms with Gasteiger partial charge < -0.3 is 0 Å². The fraction of sp³-hybridized carbons (Fsp3) is 0.429. The van der Waals surface area contributed by atoms with Crippen LogP contribution in [0.25, 0.3) is 0 Å². The lowest BCUT2D eigenvalue weighted by atomic mass is 9.94. The lowest BCUT2D eigenvalue weighted by molar-refractivity contribution is 0.866. The Bertz CT molecular complexity index is 541. The third-order valence-corrected chi connectivity index (χ3v) is 3.94. The highest BCUT2D eigenvalue weighted by Gasteiger charge is 2.28. The van der Waals surface area contributed by atoms with Crippen LogP contribution in [-0.4, -0.2) is 0 Å². The van der Waals surface area contributed by atoms with E-state index in [0.717, 1.165) is 12.8 Å². The monoisotopic (exact) mass is 282 g/mol. The topological polar surface area (TPSA) is 0 Å².